The maximum Gasteiger partial charge on any atom is 0.273 e. The summed E-state index contributed by atoms with van der Waals surface area (Å²) in [6.45, 7) is 1.20. The van der Waals surface area contributed by atoms with Crippen LogP contribution in [0.25, 0.3) is 0 Å². The second kappa shape index (κ2) is 3.36. The zero-order valence-electron chi connectivity index (χ0n) is 8.34. The molecule has 3 rings (SSSR count). The Morgan fingerprint density at radius 1 is 1.44 bits per heavy atom. The first-order valence-electron chi connectivity index (χ1n) is 4.87. The molecule has 2 aliphatic heterocycles. The van der Waals surface area contributed by atoms with Gasteiger partial charge in [-0.2, -0.15) is 0 Å². The number of hydrogen-bond acceptors (Lipinski definition) is 5. The molecular formula is C10H9NO4S. The van der Waals surface area contributed by atoms with Gasteiger partial charge in [0.15, 0.2) is 0 Å². The number of nitro groups is 1. The number of benzene rings is 1. The van der Waals surface area contributed by atoms with E-state index in [1.807, 2.05) is 0 Å². The predicted molar refractivity (Wildman–Crippen MR) is 58.0 cm³/mol. The summed E-state index contributed by atoms with van der Waals surface area (Å²) in [4.78, 5) is 11.2. The molecule has 1 aromatic rings. The van der Waals surface area contributed by atoms with Crippen LogP contribution in [0.3, 0.4) is 0 Å². The summed E-state index contributed by atoms with van der Waals surface area (Å²) >= 11 is 1.63. The van der Waals surface area contributed by atoms with Crippen molar-refractivity contribution < 1.29 is 14.4 Å². The highest BCUT2D eigenvalue weighted by Gasteiger charge is 2.47. The fraction of sp³-hybridized carbons (Fsp3) is 0.400. The smallest absolute Gasteiger partial charge is 0.273 e. The number of hydrogen-bond donors (Lipinski definition) is 0. The lowest BCUT2D eigenvalue weighted by Gasteiger charge is -2.06. The first-order chi connectivity index (χ1) is 7.69. The van der Waals surface area contributed by atoms with Gasteiger partial charge < -0.3 is 9.47 Å². The average Bonchev–Trinajstić information content (AvgIpc) is 3.07. The van der Waals surface area contributed by atoms with Crippen molar-refractivity contribution in [1.82, 2.24) is 0 Å². The van der Waals surface area contributed by atoms with Gasteiger partial charge in [0.2, 0.25) is 0 Å². The lowest BCUT2D eigenvalue weighted by atomic mass is 10.2. The van der Waals surface area contributed by atoms with E-state index < -0.39 is 4.92 Å². The Morgan fingerprint density at radius 2 is 2.25 bits per heavy atom. The molecule has 2 heterocycles. The molecule has 0 saturated carbocycles. The largest absolute Gasteiger partial charge is 0.489 e. The van der Waals surface area contributed by atoms with Crippen LogP contribution in [0.5, 0.6) is 5.75 Å². The predicted octanol–water partition coefficient (Wildman–Crippen LogP) is 1.85. The summed E-state index contributed by atoms with van der Waals surface area (Å²) in [6, 6.07) is 4.71. The minimum Gasteiger partial charge on any atom is -0.489 e. The monoisotopic (exact) mass is 239 g/mol. The number of ether oxygens (including phenoxy) is 2. The summed E-state index contributed by atoms with van der Waals surface area (Å²) in [5.74, 6) is 1.43. The Kier molecular flexibility index (Phi) is 2.08. The number of non-ortho nitro benzene ring substituents is 1. The van der Waals surface area contributed by atoms with E-state index >= 15 is 0 Å². The molecule has 0 radical (unpaired) electrons. The molecule has 1 saturated heterocycles. The molecule has 2 aliphatic rings. The molecule has 1 aromatic carbocycles. The number of nitro benzene ring substituents is 1. The van der Waals surface area contributed by atoms with Crippen molar-refractivity contribution in [3.05, 3.63) is 28.3 Å². The molecule has 1 spiro atoms. The SMILES string of the molecule is O=[N+]([O-])c1ccc2c(c1)OC[C@@]1(CO1)CS2. The van der Waals surface area contributed by atoms with Crippen LogP contribution in [0.2, 0.25) is 0 Å². The van der Waals surface area contributed by atoms with E-state index in [0.717, 1.165) is 17.3 Å². The Hall–Kier alpha value is -1.27. The third-order valence-electron chi connectivity index (χ3n) is 2.67. The Balaban J connectivity index is 1.92. The molecule has 0 bridgehead atoms. The van der Waals surface area contributed by atoms with E-state index in [9.17, 15) is 10.1 Å². The fourth-order valence-electron chi connectivity index (χ4n) is 1.57. The van der Waals surface area contributed by atoms with Gasteiger partial charge >= 0.3 is 0 Å². The highest BCUT2D eigenvalue weighted by Crippen LogP contribution is 2.42. The summed E-state index contributed by atoms with van der Waals surface area (Å²) in [6.07, 6.45) is 0. The Bertz CT molecular complexity index is 458. The van der Waals surface area contributed by atoms with E-state index in [4.69, 9.17) is 9.47 Å². The van der Waals surface area contributed by atoms with Crippen molar-refractivity contribution in [2.24, 2.45) is 0 Å². The molecule has 0 unspecified atom stereocenters. The van der Waals surface area contributed by atoms with Gasteiger partial charge in [-0.15, -0.1) is 11.8 Å². The molecule has 0 amide bonds. The van der Waals surface area contributed by atoms with Gasteiger partial charge in [0.1, 0.15) is 18.0 Å². The quantitative estimate of drug-likeness (QED) is 0.425. The van der Waals surface area contributed by atoms with Crippen LogP contribution in [0.4, 0.5) is 5.69 Å². The molecule has 0 N–H and O–H groups in total. The van der Waals surface area contributed by atoms with Crippen LogP contribution in [0, 0.1) is 10.1 Å². The molecule has 0 aromatic heterocycles. The molecule has 6 heteroatoms. The van der Waals surface area contributed by atoms with E-state index in [1.165, 1.54) is 12.1 Å². The summed E-state index contributed by atoms with van der Waals surface area (Å²) in [7, 11) is 0. The van der Waals surface area contributed by atoms with Crippen LogP contribution >= 0.6 is 11.8 Å². The fourth-order valence-corrected chi connectivity index (χ4v) is 2.66. The zero-order valence-corrected chi connectivity index (χ0v) is 9.16. The first kappa shape index (κ1) is 9.92. The highest BCUT2D eigenvalue weighted by atomic mass is 32.2. The van der Waals surface area contributed by atoms with Crippen LogP contribution in [-0.4, -0.2) is 29.5 Å². The minimum atomic E-state index is -0.414. The lowest BCUT2D eigenvalue weighted by Crippen LogP contribution is -2.22. The normalized spacial score (nSPS) is 26.8. The topological polar surface area (TPSA) is 64.9 Å². The Labute approximate surface area is 95.9 Å². The second-order valence-electron chi connectivity index (χ2n) is 3.94. The third kappa shape index (κ3) is 1.64. The molecule has 0 aliphatic carbocycles. The number of nitrogens with zero attached hydrogens (tertiary/aromatic N) is 1. The molecular weight excluding hydrogens is 230 g/mol. The van der Waals surface area contributed by atoms with Gasteiger partial charge in [-0.25, -0.2) is 0 Å². The molecule has 1 atom stereocenters. The second-order valence-corrected chi connectivity index (χ2v) is 4.95. The maximum absolute atomic E-state index is 10.6. The molecule has 84 valence electrons. The van der Waals surface area contributed by atoms with Gasteiger partial charge in [-0.3, -0.25) is 10.1 Å². The zero-order chi connectivity index (χ0) is 11.2. The molecule has 5 nitrogen and oxygen atoms in total. The van der Waals surface area contributed by atoms with Gasteiger partial charge in [-0.1, -0.05) is 0 Å². The van der Waals surface area contributed by atoms with Crippen molar-refractivity contribution >= 4 is 17.4 Å². The Morgan fingerprint density at radius 3 is 2.94 bits per heavy atom. The van der Waals surface area contributed by atoms with E-state index in [-0.39, 0.29) is 11.3 Å². The first-order valence-corrected chi connectivity index (χ1v) is 5.85. The third-order valence-corrected chi connectivity index (χ3v) is 3.99. The minimum absolute atomic E-state index is 0.0621. The van der Waals surface area contributed by atoms with Crippen LogP contribution in [-0.2, 0) is 4.74 Å². The lowest BCUT2D eigenvalue weighted by molar-refractivity contribution is -0.385. The summed E-state index contributed by atoms with van der Waals surface area (Å²) < 4.78 is 10.9. The van der Waals surface area contributed by atoms with Gasteiger partial charge in [0, 0.05) is 16.7 Å². The van der Waals surface area contributed by atoms with Crippen molar-refractivity contribution in [2.45, 2.75) is 10.5 Å². The van der Waals surface area contributed by atoms with Crippen molar-refractivity contribution in [3.63, 3.8) is 0 Å². The number of thioether (sulfide) groups is 1. The van der Waals surface area contributed by atoms with E-state index in [1.54, 1.807) is 17.8 Å². The molecule has 16 heavy (non-hydrogen) atoms. The van der Waals surface area contributed by atoms with Crippen molar-refractivity contribution in [3.8, 4) is 5.75 Å². The number of epoxide rings is 1. The van der Waals surface area contributed by atoms with Crippen LogP contribution in [0.1, 0.15) is 0 Å². The van der Waals surface area contributed by atoms with Crippen LogP contribution in [0.15, 0.2) is 23.1 Å². The van der Waals surface area contributed by atoms with Gasteiger partial charge in [0.05, 0.1) is 17.6 Å². The van der Waals surface area contributed by atoms with Gasteiger partial charge in [0.25, 0.3) is 5.69 Å². The van der Waals surface area contributed by atoms with E-state index in [0.29, 0.717) is 12.4 Å². The summed E-state index contributed by atoms with van der Waals surface area (Å²) in [5.41, 5.74) is -0.0922. The van der Waals surface area contributed by atoms with Gasteiger partial charge in [-0.05, 0) is 6.07 Å². The van der Waals surface area contributed by atoms with Crippen LogP contribution < -0.4 is 4.74 Å². The molecule has 1 fully saturated rings. The number of rotatable bonds is 1. The van der Waals surface area contributed by atoms with Crippen molar-refractivity contribution in [2.75, 3.05) is 19.0 Å². The summed E-state index contributed by atoms with van der Waals surface area (Å²) in [5, 5.41) is 10.6. The average molecular weight is 239 g/mol. The van der Waals surface area contributed by atoms with E-state index in [2.05, 4.69) is 0 Å². The number of fused-ring (bicyclic) bond motifs is 1. The maximum atomic E-state index is 10.6. The highest BCUT2D eigenvalue weighted by molar-refractivity contribution is 7.99. The van der Waals surface area contributed by atoms with Crippen molar-refractivity contribution in [1.29, 1.82) is 0 Å². The standard InChI is InChI=1S/C10H9NO4S/c12-11(13)7-1-2-9-8(3-7)14-4-10(5-15-10)6-16-9/h1-3H,4-6H2/t10-/m1/s1.